The van der Waals surface area contributed by atoms with Crippen molar-refractivity contribution >= 4 is 5.97 Å². The first-order valence-electron chi connectivity index (χ1n) is 7.60. The number of hydrogen-bond donors (Lipinski definition) is 1. The molecule has 0 aromatic heterocycles. The largest absolute Gasteiger partial charge is 0.492 e. The van der Waals surface area contributed by atoms with Gasteiger partial charge in [-0.05, 0) is 49.0 Å². The van der Waals surface area contributed by atoms with Gasteiger partial charge in [0.1, 0.15) is 12.4 Å². The number of hydrogen-bond acceptors (Lipinski definition) is 3. The van der Waals surface area contributed by atoms with Gasteiger partial charge >= 0.3 is 5.97 Å². The predicted molar refractivity (Wildman–Crippen MR) is 82.7 cm³/mol. The van der Waals surface area contributed by atoms with Gasteiger partial charge in [-0.15, -0.1) is 0 Å². The summed E-state index contributed by atoms with van der Waals surface area (Å²) in [6.07, 6.45) is 2.55. The van der Waals surface area contributed by atoms with Crippen LogP contribution in [0.4, 0.5) is 0 Å². The van der Waals surface area contributed by atoms with Gasteiger partial charge in [-0.3, -0.25) is 9.69 Å². The molecule has 1 fully saturated rings. The summed E-state index contributed by atoms with van der Waals surface area (Å²) in [5.41, 5.74) is 1.28. The number of aliphatic carboxylic acids is 1. The smallest absolute Gasteiger partial charge is 0.307 e. The molecule has 0 aliphatic carbocycles. The Bertz CT molecular complexity index is 457. The lowest BCUT2D eigenvalue weighted by Gasteiger charge is -2.36. The Morgan fingerprint density at radius 3 is 2.43 bits per heavy atom. The zero-order chi connectivity index (χ0) is 15.3. The number of likely N-dealkylation sites (tertiary alicyclic amines) is 1. The standard InChI is InChI=1S/C17H25NO3/c1-17(2)7-9-18(10-8-17)11-12-21-15-5-3-14(4-6-15)13-16(19)20/h3-6H,7-13H2,1-2H3,(H,19,20). The molecule has 0 amide bonds. The van der Waals surface area contributed by atoms with E-state index in [1.165, 1.54) is 12.8 Å². The molecule has 4 nitrogen and oxygen atoms in total. The topological polar surface area (TPSA) is 49.8 Å². The van der Waals surface area contributed by atoms with Crippen LogP contribution in [0.2, 0.25) is 0 Å². The van der Waals surface area contributed by atoms with E-state index in [-0.39, 0.29) is 6.42 Å². The van der Waals surface area contributed by atoms with Crippen molar-refractivity contribution in [2.24, 2.45) is 5.41 Å². The van der Waals surface area contributed by atoms with Gasteiger partial charge in [-0.25, -0.2) is 0 Å². The monoisotopic (exact) mass is 291 g/mol. The van der Waals surface area contributed by atoms with Crippen LogP contribution in [0, 0.1) is 5.41 Å². The fourth-order valence-corrected chi connectivity index (χ4v) is 2.55. The summed E-state index contributed by atoms with van der Waals surface area (Å²) in [5.74, 6) is -0.00170. The lowest BCUT2D eigenvalue weighted by molar-refractivity contribution is -0.136. The lowest BCUT2D eigenvalue weighted by atomic mass is 9.83. The van der Waals surface area contributed by atoms with Crippen molar-refractivity contribution in [3.8, 4) is 5.75 Å². The Hall–Kier alpha value is -1.55. The summed E-state index contributed by atoms with van der Waals surface area (Å²) in [6, 6.07) is 7.31. The van der Waals surface area contributed by atoms with Gasteiger partial charge in [0, 0.05) is 6.54 Å². The number of piperidine rings is 1. The van der Waals surface area contributed by atoms with Gasteiger partial charge in [0.15, 0.2) is 0 Å². The van der Waals surface area contributed by atoms with Crippen LogP contribution >= 0.6 is 0 Å². The second-order valence-corrected chi connectivity index (χ2v) is 6.57. The Morgan fingerprint density at radius 1 is 1.24 bits per heavy atom. The number of rotatable bonds is 6. The molecule has 1 heterocycles. The van der Waals surface area contributed by atoms with Gasteiger partial charge in [0.05, 0.1) is 6.42 Å². The number of carboxylic acids is 1. The van der Waals surface area contributed by atoms with Crippen LogP contribution in [0.25, 0.3) is 0 Å². The van der Waals surface area contributed by atoms with Crippen molar-refractivity contribution < 1.29 is 14.6 Å². The SMILES string of the molecule is CC1(C)CCN(CCOc2ccc(CC(=O)O)cc2)CC1. The number of nitrogens with zero attached hydrogens (tertiary/aromatic N) is 1. The summed E-state index contributed by atoms with van der Waals surface area (Å²) < 4.78 is 5.73. The summed E-state index contributed by atoms with van der Waals surface area (Å²) in [4.78, 5) is 13.1. The van der Waals surface area contributed by atoms with Gasteiger partial charge < -0.3 is 9.84 Å². The van der Waals surface area contributed by atoms with Crippen molar-refractivity contribution in [3.05, 3.63) is 29.8 Å². The van der Waals surface area contributed by atoms with E-state index in [1.54, 1.807) is 0 Å². The molecule has 1 aliphatic rings. The molecule has 1 aromatic rings. The van der Waals surface area contributed by atoms with Crippen molar-refractivity contribution in [1.82, 2.24) is 4.90 Å². The van der Waals surface area contributed by atoms with E-state index < -0.39 is 5.97 Å². The highest BCUT2D eigenvalue weighted by atomic mass is 16.5. The van der Waals surface area contributed by atoms with Crippen LogP contribution in [-0.2, 0) is 11.2 Å². The highest BCUT2D eigenvalue weighted by Gasteiger charge is 2.24. The third-order valence-electron chi connectivity index (χ3n) is 4.16. The van der Waals surface area contributed by atoms with Crippen LogP contribution in [0.5, 0.6) is 5.75 Å². The van der Waals surface area contributed by atoms with E-state index in [4.69, 9.17) is 9.84 Å². The van der Waals surface area contributed by atoms with Gasteiger partial charge in [0.2, 0.25) is 0 Å². The van der Waals surface area contributed by atoms with E-state index >= 15 is 0 Å². The molecule has 0 saturated carbocycles. The second-order valence-electron chi connectivity index (χ2n) is 6.57. The first-order chi connectivity index (χ1) is 9.94. The fraction of sp³-hybridized carbons (Fsp3) is 0.588. The normalized spacial score (nSPS) is 18.4. The first kappa shape index (κ1) is 15.8. The van der Waals surface area contributed by atoms with Crippen LogP contribution in [0.3, 0.4) is 0 Å². The minimum atomic E-state index is -0.809. The molecule has 116 valence electrons. The zero-order valence-electron chi connectivity index (χ0n) is 13.0. The molecule has 0 radical (unpaired) electrons. The van der Waals surface area contributed by atoms with Crippen LogP contribution in [0.15, 0.2) is 24.3 Å². The third-order valence-corrected chi connectivity index (χ3v) is 4.16. The van der Waals surface area contributed by atoms with Crippen LogP contribution in [0.1, 0.15) is 32.3 Å². The van der Waals surface area contributed by atoms with Crippen molar-refractivity contribution in [1.29, 1.82) is 0 Å². The average molecular weight is 291 g/mol. The van der Waals surface area contributed by atoms with Crippen molar-refractivity contribution in [3.63, 3.8) is 0 Å². The molecule has 4 heteroatoms. The molecule has 1 aromatic carbocycles. The van der Waals surface area contributed by atoms with Gasteiger partial charge in [-0.1, -0.05) is 26.0 Å². The predicted octanol–water partition coefficient (Wildman–Crippen LogP) is 2.81. The summed E-state index contributed by atoms with van der Waals surface area (Å²) >= 11 is 0. The zero-order valence-corrected chi connectivity index (χ0v) is 13.0. The van der Waals surface area contributed by atoms with Crippen LogP contribution < -0.4 is 4.74 Å². The molecule has 0 bridgehead atoms. The minimum absolute atomic E-state index is 0.0594. The highest BCUT2D eigenvalue weighted by Crippen LogP contribution is 2.29. The lowest BCUT2D eigenvalue weighted by Crippen LogP contribution is -2.39. The molecule has 0 atom stereocenters. The highest BCUT2D eigenvalue weighted by molar-refractivity contribution is 5.70. The number of benzene rings is 1. The Balaban J connectivity index is 1.70. The van der Waals surface area contributed by atoms with E-state index in [1.807, 2.05) is 24.3 Å². The van der Waals surface area contributed by atoms with E-state index in [9.17, 15) is 4.79 Å². The molecule has 1 aliphatic heterocycles. The second kappa shape index (κ2) is 6.94. The maximum Gasteiger partial charge on any atom is 0.307 e. The quantitative estimate of drug-likeness (QED) is 0.875. The maximum absolute atomic E-state index is 10.6. The molecule has 21 heavy (non-hydrogen) atoms. The molecule has 2 rings (SSSR count). The minimum Gasteiger partial charge on any atom is -0.492 e. The maximum atomic E-state index is 10.6. The number of ether oxygens (including phenoxy) is 1. The number of carbonyl (C=O) groups is 1. The Morgan fingerprint density at radius 2 is 1.86 bits per heavy atom. The molecule has 1 N–H and O–H groups in total. The average Bonchev–Trinajstić information content (AvgIpc) is 2.42. The van der Waals surface area contributed by atoms with Crippen molar-refractivity contribution in [2.45, 2.75) is 33.1 Å². The Kier molecular flexibility index (Phi) is 5.23. The Labute approximate surface area is 126 Å². The van der Waals surface area contributed by atoms with Crippen LogP contribution in [-0.4, -0.2) is 42.2 Å². The third kappa shape index (κ3) is 5.38. The molecule has 1 saturated heterocycles. The summed E-state index contributed by atoms with van der Waals surface area (Å²) in [5, 5.41) is 8.72. The summed E-state index contributed by atoms with van der Waals surface area (Å²) in [6.45, 7) is 8.59. The van der Waals surface area contributed by atoms with Gasteiger partial charge in [-0.2, -0.15) is 0 Å². The molecular weight excluding hydrogens is 266 g/mol. The summed E-state index contributed by atoms with van der Waals surface area (Å²) in [7, 11) is 0. The van der Waals surface area contributed by atoms with E-state index in [2.05, 4.69) is 18.7 Å². The van der Waals surface area contributed by atoms with Crippen molar-refractivity contribution in [2.75, 3.05) is 26.2 Å². The van der Waals surface area contributed by atoms with E-state index in [0.29, 0.717) is 12.0 Å². The van der Waals surface area contributed by atoms with E-state index in [0.717, 1.165) is 30.9 Å². The fourth-order valence-electron chi connectivity index (χ4n) is 2.55. The molecule has 0 unspecified atom stereocenters. The first-order valence-corrected chi connectivity index (χ1v) is 7.60. The van der Waals surface area contributed by atoms with Gasteiger partial charge in [0.25, 0.3) is 0 Å². The molecule has 0 spiro atoms. The number of carboxylic acid groups (broad SMARTS) is 1. The molecular formula is C17H25NO3.